The van der Waals surface area contributed by atoms with Crippen LogP contribution in [0.4, 0.5) is 26.3 Å². The zero-order valence-electron chi connectivity index (χ0n) is 15.0. The molecule has 2 amide bonds. The van der Waals surface area contributed by atoms with Crippen LogP contribution in [0.25, 0.3) is 0 Å². The second-order valence-corrected chi connectivity index (χ2v) is 5.70. The highest BCUT2D eigenvalue weighted by molar-refractivity contribution is 6.00. The number of hydrazine groups is 1. The molecule has 30 heavy (non-hydrogen) atoms. The summed E-state index contributed by atoms with van der Waals surface area (Å²) in [4.78, 5) is 24.1. The molecule has 2 N–H and O–H groups in total. The van der Waals surface area contributed by atoms with E-state index in [9.17, 15) is 35.9 Å². The van der Waals surface area contributed by atoms with E-state index in [0.717, 1.165) is 18.2 Å². The Hall–Kier alpha value is -3.45. The van der Waals surface area contributed by atoms with E-state index in [1.807, 2.05) is 10.9 Å². The molecule has 0 saturated heterocycles. The van der Waals surface area contributed by atoms with E-state index < -0.39 is 54.4 Å². The Morgan fingerprint density at radius 2 is 1.57 bits per heavy atom. The van der Waals surface area contributed by atoms with Crippen LogP contribution in [0.5, 0.6) is 11.5 Å². The lowest BCUT2D eigenvalue weighted by atomic mass is 10.2. The van der Waals surface area contributed by atoms with Crippen LogP contribution in [0, 0.1) is 6.92 Å². The van der Waals surface area contributed by atoms with Gasteiger partial charge in [-0.15, -0.1) is 0 Å². The Labute approximate surface area is 164 Å². The van der Waals surface area contributed by atoms with Crippen molar-refractivity contribution in [3.8, 4) is 11.5 Å². The van der Waals surface area contributed by atoms with E-state index in [1.54, 1.807) is 0 Å². The summed E-state index contributed by atoms with van der Waals surface area (Å²) in [5.74, 6) is -2.87. The molecular formula is C16H13F6N3O5. The van der Waals surface area contributed by atoms with Crippen molar-refractivity contribution in [3.63, 3.8) is 0 Å². The molecule has 1 heterocycles. The zero-order valence-corrected chi connectivity index (χ0v) is 15.0. The maximum atomic E-state index is 12.4. The molecule has 8 nitrogen and oxygen atoms in total. The van der Waals surface area contributed by atoms with Gasteiger partial charge in [0.2, 0.25) is 0 Å². The maximum Gasteiger partial charge on any atom is 0.422 e. The van der Waals surface area contributed by atoms with Crippen molar-refractivity contribution in [2.45, 2.75) is 19.3 Å². The Balaban J connectivity index is 2.16. The SMILES string of the molecule is Cc1cc(C(=O)NNC(=O)c2cc(OCC(F)(F)F)ccc2OCC(F)(F)F)no1. The van der Waals surface area contributed by atoms with Gasteiger partial charge in [0.25, 0.3) is 11.8 Å². The predicted molar refractivity (Wildman–Crippen MR) is 85.7 cm³/mol. The summed E-state index contributed by atoms with van der Waals surface area (Å²) < 4.78 is 87.7. The molecule has 0 atom stereocenters. The van der Waals surface area contributed by atoms with Gasteiger partial charge in [0.1, 0.15) is 17.3 Å². The van der Waals surface area contributed by atoms with E-state index in [-0.39, 0.29) is 5.69 Å². The van der Waals surface area contributed by atoms with E-state index in [1.165, 1.54) is 13.0 Å². The van der Waals surface area contributed by atoms with Gasteiger partial charge in [-0.2, -0.15) is 26.3 Å². The third kappa shape index (κ3) is 7.18. The summed E-state index contributed by atoms with van der Waals surface area (Å²) >= 11 is 0. The van der Waals surface area contributed by atoms with Crippen molar-refractivity contribution in [1.29, 1.82) is 0 Å². The molecule has 1 aromatic heterocycles. The molecule has 0 radical (unpaired) electrons. The van der Waals surface area contributed by atoms with Crippen molar-refractivity contribution in [2.24, 2.45) is 0 Å². The van der Waals surface area contributed by atoms with Gasteiger partial charge in [-0.3, -0.25) is 20.4 Å². The third-order valence-corrected chi connectivity index (χ3v) is 3.14. The van der Waals surface area contributed by atoms with Crippen LogP contribution in [-0.2, 0) is 0 Å². The first-order valence-electron chi connectivity index (χ1n) is 7.91. The number of nitrogens with one attached hydrogen (secondary N) is 2. The number of amides is 2. The lowest BCUT2D eigenvalue weighted by Gasteiger charge is -2.15. The van der Waals surface area contributed by atoms with Crippen molar-refractivity contribution >= 4 is 11.8 Å². The molecular weight excluding hydrogens is 428 g/mol. The van der Waals surface area contributed by atoms with Crippen LogP contribution in [0.15, 0.2) is 28.8 Å². The van der Waals surface area contributed by atoms with Gasteiger partial charge in [0, 0.05) is 6.07 Å². The van der Waals surface area contributed by atoms with Crippen LogP contribution in [0.3, 0.4) is 0 Å². The maximum absolute atomic E-state index is 12.4. The summed E-state index contributed by atoms with van der Waals surface area (Å²) in [5, 5.41) is 3.39. The Bertz CT molecular complexity index is 910. The highest BCUT2D eigenvalue weighted by Crippen LogP contribution is 2.27. The molecule has 2 rings (SSSR count). The highest BCUT2D eigenvalue weighted by atomic mass is 19.4. The molecule has 1 aromatic carbocycles. The average molecular weight is 441 g/mol. The Kier molecular flexibility index (Phi) is 6.79. The summed E-state index contributed by atoms with van der Waals surface area (Å²) in [6.45, 7) is -1.96. The second-order valence-electron chi connectivity index (χ2n) is 5.70. The molecule has 0 unspecified atom stereocenters. The Morgan fingerprint density at radius 1 is 0.967 bits per heavy atom. The molecule has 0 fully saturated rings. The van der Waals surface area contributed by atoms with E-state index in [0.29, 0.717) is 5.76 Å². The van der Waals surface area contributed by atoms with Crippen LogP contribution in [-0.4, -0.2) is 42.5 Å². The average Bonchev–Trinajstić information content (AvgIpc) is 3.08. The fourth-order valence-corrected chi connectivity index (χ4v) is 1.95. The molecule has 0 aliphatic heterocycles. The summed E-state index contributed by atoms with van der Waals surface area (Å²) in [6, 6.07) is 3.70. The number of aryl methyl sites for hydroxylation is 1. The number of hydrogen-bond donors (Lipinski definition) is 2. The van der Waals surface area contributed by atoms with Crippen molar-refractivity contribution < 1.29 is 49.9 Å². The van der Waals surface area contributed by atoms with Gasteiger partial charge < -0.3 is 14.0 Å². The number of rotatable bonds is 6. The quantitative estimate of drug-likeness (QED) is 0.528. The van der Waals surface area contributed by atoms with E-state index >= 15 is 0 Å². The minimum absolute atomic E-state index is 0.205. The number of aromatic nitrogens is 1. The summed E-state index contributed by atoms with van der Waals surface area (Å²) in [7, 11) is 0. The molecule has 0 spiro atoms. The summed E-state index contributed by atoms with van der Waals surface area (Å²) in [6.07, 6.45) is -9.42. The largest absolute Gasteiger partial charge is 0.484 e. The smallest absolute Gasteiger partial charge is 0.422 e. The van der Waals surface area contributed by atoms with Crippen molar-refractivity contribution in [1.82, 2.24) is 16.0 Å². The molecule has 0 saturated carbocycles. The minimum Gasteiger partial charge on any atom is -0.484 e. The number of carbonyl (C=O) groups excluding carboxylic acids is 2. The third-order valence-electron chi connectivity index (χ3n) is 3.14. The van der Waals surface area contributed by atoms with Gasteiger partial charge in [0.15, 0.2) is 18.9 Å². The first-order valence-corrected chi connectivity index (χ1v) is 7.91. The van der Waals surface area contributed by atoms with Gasteiger partial charge in [0.05, 0.1) is 5.56 Å². The molecule has 0 bridgehead atoms. The van der Waals surface area contributed by atoms with Crippen LogP contribution < -0.4 is 20.3 Å². The normalized spacial score (nSPS) is 11.7. The Morgan fingerprint density at radius 3 is 2.13 bits per heavy atom. The number of nitrogens with zero attached hydrogens (tertiary/aromatic N) is 1. The topological polar surface area (TPSA) is 103 Å². The van der Waals surface area contributed by atoms with Crippen LogP contribution in [0.1, 0.15) is 26.6 Å². The van der Waals surface area contributed by atoms with Gasteiger partial charge in [-0.1, -0.05) is 5.16 Å². The highest BCUT2D eigenvalue weighted by Gasteiger charge is 2.30. The van der Waals surface area contributed by atoms with Crippen molar-refractivity contribution in [3.05, 3.63) is 41.3 Å². The number of alkyl halides is 6. The minimum atomic E-state index is -4.74. The van der Waals surface area contributed by atoms with E-state index in [2.05, 4.69) is 19.2 Å². The van der Waals surface area contributed by atoms with Gasteiger partial charge in [-0.05, 0) is 25.1 Å². The first kappa shape index (κ1) is 22.8. The number of hydrogen-bond acceptors (Lipinski definition) is 6. The monoisotopic (exact) mass is 441 g/mol. The first-order chi connectivity index (χ1) is 13.8. The molecule has 14 heteroatoms. The zero-order chi connectivity index (χ0) is 22.5. The standard InChI is InChI=1S/C16H13F6N3O5/c1-8-4-11(25-30-8)14(27)24-23-13(26)10-5-9(28-6-15(17,18)19)2-3-12(10)29-7-16(20,21)22/h2-5H,6-7H2,1H3,(H,23,26)(H,24,27). The molecule has 0 aliphatic carbocycles. The molecule has 164 valence electrons. The number of ether oxygens (including phenoxy) is 2. The van der Waals surface area contributed by atoms with Crippen LogP contribution in [0.2, 0.25) is 0 Å². The molecule has 2 aromatic rings. The predicted octanol–water partition coefficient (Wildman–Crippen LogP) is 2.94. The number of halogens is 6. The fraction of sp³-hybridized carbons (Fsp3) is 0.312. The van der Waals surface area contributed by atoms with E-state index in [4.69, 9.17) is 0 Å². The number of benzene rings is 1. The second kappa shape index (κ2) is 8.92. The van der Waals surface area contributed by atoms with Crippen molar-refractivity contribution in [2.75, 3.05) is 13.2 Å². The van der Waals surface area contributed by atoms with Gasteiger partial charge >= 0.3 is 12.4 Å². The fourth-order valence-electron chi connectivity index (χ4n) is 1.95. The lowest BCUT2D eigenvalue weighted by Crippen LogP contribution is -2.42. The molecule has 0 aliphatic rings. The lowest BCUT2D eigenvalue weighted by molar-refractivity contribution is -0.154. The van der Waals surface area contributed by atoms with Crippen LogP contribution >= 0.6 is 0 Å². The summed E-state index contributed by atoms with van der Waals surface area (Å²) in [5.41, 5.74) is 2.99. The van der Waals surface area contributed by atoms with Gasteiger partial charge in [-0.25, -0.2) is 0 Å². The number of carbonyl (C=O) groups is 2.